The molecule has 1 aromatic heterocycles. The van der Waals surface area contributed by atoms with Crippen molar-refractivity contribution >= 4 is 21.0 Å². The van der Waals surface area contributed by atoms with Crippen molar-refractivity contribution < 1.29 is 30.8 Å². The van der Waals surface area contributed by atoms with Crippen LogP contribution in [0.5, 0.6) is 5.75 Å². The summed E-state index contributed by atoms with van der Waals surface area (Å²) in [5, 5.41) is 4.37. The Balaban J connectivity index is 1.63. The molecule has 26 heavy (non-hydrogen) atoms. The summed E-state index contributed by atoms with van der Waals surface area (Å²) in [5.41, 5.74) is 1.24. The Bertz CT molecular complexity index is 998. The summed E-state index contributed by atoms with van der Waals surface area (Å²) in [6.45, 7) is -0.0790. The lowest BCUT2D eigenvalue weighted by molar-refractivity contribution is -0.274. The molecule has 3 rings (SSSR count). The van der Waals surface area contributed by atoms with Gasteiger partial charge in [-0.2, -0.15) is 0 Å². The van der Waals surface area contributed by atoms with Crippen LogP contribution >= 0.6 is 0 Å². The van der Waals surface area contributed by atoms with Crippen molar-refractivity contribution in [2.24, 2.45) is 0 Å². The minimum Gasteiger partial charge on any atom is -0.406 e. The first-order valence-electron chi connectivity index (χ1n) is 7.37. The number of aromatic nitrogens is 1. The maximum atomic E-state index is 12.2. The van der Waals surface area contributed by atoms with Gasteiger partial charge in [0.15, 0.2) is 5.58 Å². The zero-order chi connectivity index (χ0) is 18.8. The van der Waals surface area contributed by atoms with E-state index < -0.39 is 16.4 Å². The molecule has 0 atom stereocenters. The summed E-state index contributed by atoms with van der Waals surface area (Å²) >= 11 is 0. The molecule has 0 aliphatic carbocycles. The van der Waals surface area contributed by atoms with Gasteiger partial charge in [-0.15, -0.1) is 13.2 Å². The van der Waals surface area contributed by atoms with E-state index in [0.717, 1.165) is 12.1 Å². The van der Waals surface area contributed by atoms with Gasteiger partial charge >= 0.3 is 6.36 Å². The first-order chi connectivity index (χ1) is 12.2. The van der Waals surface area contributed by atoms with Crippen LogP contribution < -0.4 is 9.46 Å². The van der Waals surface area contributed by atoms with E-state index in [1.165, 1.54) is 12.1 Å². The zero-order valence-corrected chi connectivity index (χ0v) is 14.0. The quantitative estimate of drug-likeness (QED) is 0.703. The van der Waals surface area contributed by atoms with Gasteiger partial charge in [0.25, 0.3) is 0 Å². The smallest absolute Gasteiger partial charge is 0.406 e. The number of ether oxygens (including phenoxy) is 1. The van der Waals surface area contributed by atoms with Crippen LogP contribution in [-0.4, -0.2) is 19.9 Å². The van der Waals surface area contributed by atoms with Gasteiger partial charge < -0.3 is 9.26 Å². The molecule has 0 saturated carbocycles. The number of sulfonamides is 1. The number of nitrogens with zero attached hydrogens (tertiary/aromatic N) is 1. The topological polar surface area (TPSA) is 81.4 Å². The molecule has 1 heterocycles. The van der Waals surface area contributed by atoms with Crippen LogP contribution in [0.2, 0.25) is 0 Å². The molecule has 0 spiro atoms. The molecule has 0 aliphatic heterocycles. The fourth-order valence-electron chi connectivity index (χ4n) is 2.28. The number of benzene rings is 2. The second-order valence-corrected chi connectivity index (χ2v) is 7.20. The highest BCUT2D eigenvalue weighted by atomic mass is 32.2. The maximum absolute atomic E-state index is 12.2. The van der Waals surface area contributed by atoms with Crippen LogP contribution in [0.25, 0.3) is 11.0 Å². The lowest BCUT2D eigenvalue weighted by Gasteiger charge is -2.09. The predicted octanol–water partition coefficient (Wildman–Crippen LogP) is 3.35. The van der Waals surface area contributed by atoms with Crippen LogP contribution in [0, 0.1) is 0 Å². The van der Waals surface area contributed by atoms with Gasteiger partial charge in [-0.1, -0.05) is 29.4 Å². The van der Waals surface area contributed by atoms with Crippen molar-refractivity contribution in [1.29, 1.82) is 0 Å². The van der Waals surface area contributed by atoms with Crippen molar-refractivity contribution in [3.63, 3.8) is 0 Å². The van der Waals surface area contributed by atoms with Gasteiger partial charge in [0, 0.05) is 11.9 Å². The van der Waals surface area contributed by atoms with E-state index in [2.05, 4.69) is 14.6 Å². The lowest BCUT2D eigenvalue weighted by Crippen LogP contribution is -2.25. The van der Waals surface area contributed by atoms with E-state index in [1.807, 2.05) is 0 Å². The number of para-hydroxylation sites is 1. The summed E-state index contributed by atoms with van der Waals surface area (Å²) in [7, 11) is -3.72. The number of alkyl halides is 3. The highest BCUT2D eigenvalue weighted by molar-refractivity contribution is 7.88. The van der Waals surface area contributed by atoms with E-state index in [1.54, 1.807) is 24.3 Å². The van der Waals surface area contributed by atoms with Crippen LogP contribution in [-0.2, 0) is 22.3 Å². The van der Waals surface area contributed by atoms with E-state index >= 15 is 0 Å². The second kappa shape index (κ2) is 6.96. The largest absolute Gasteiger partial charge is 0.573 e. The number of nitrogens with one attached hydrogen (secondary N) is 1. The van der Waals surface area contributed by atoms with Crippen molar-refractivity contribution in [3.8, 4) is 5.75 Å². The lowest BCUT2D eigenvalue weighted by atomic mass is 10.2. The molecular formula is C16H13F3N2O4S. The summed E-state index contributed by atoms with van der Waals surface area (Å²) in [6, 6.07) is 11.8. The van der Waals surface area contributed by atoms with Crippen LogP contribution in [0.1, 0.15) is 11.3 Å². The van der Waals surface area contributed by atoms with Crippen LogP contribution in [0.3, 0.4) is 0 Å². The van der Waals surface area contributed by atoms with Crippen molar-refractivity contribution in [3.05, 3.63) is 59.8 Å². The van der Waals surface area contributed by atoms with E-state index in [0.29, 0.717) is 16.5 Å². The first kappa shape index (κ1) is 18.2. The molecule has 0 radical (unpaired) electrons. The normalized spacial score (nSPS) is 12.4. The molecule has 0 aliphatic rings. The molecule has 138 valence electrons. The monoisotopic (exact) mass is 386 g/mol. The summed E-state index contributed by atoms with van der Waals surface area (Å²) < 4.78 is 71.9. The molecule has 10 heteroatoms. The van der Waals surface area contributed by atoms with Gasteiger partial charge in [-0.25, -0.2) is 13.1 Å². The number of hydrogen-bond acceptors (Lipinski definition) is 5. The first-order valence-corrected chi connectivity index (χ1v) is 9.02. The van der Waals surface area contributed by atoms with Gasteiger partial charge in [-0.3, -0.25) is 0 Å². The molecule has 2 aromatic carbocycles. The summed E-state index contributed by atoms with van der Waals surface area (Å²) in [4.78, 5) is 0. The standard InChI is InChI=1S/C16H13F3N2O4S/c17-16(18,19)24-12-7-5-11(6-8-12)9-20-26(22,23)10-14-13-3-1-2-4-15(13)25-21-14/h1-8,20H,9-10H2. The zero-order valence-electron chi connectivity index (χ0n) is 13.2. The highest BCUT2D eigenvalue weighted by Crippen LogP contribution is 2.23. The number of hydrogen-bond donors (Lipinski definition) is 1. The van der Waals surface area contributed by atoms with Crippen LogP contribution in [0.4, 0.5) is 13.2 Å². The Morgan fingerprint density at radius 3 is 2.46 bits per heavy atom. The molecule has 0 bridgehead atoms. The average Bonchev–Trinajstić information content (AvgIpc) is 2.96. The molecule has 0 amide bonds. The summed E-state index contributed by atoms with van der Waals surface area (Å²) in [5.74, 6) is -0.752. The minimum absolute atomic E-state index is 0.0790. The molecular weight excluding hydrogens is 373 g/mol. The Hall–Kier alpha value is -2.59. The number of halogens is 3. The van der Waals surface area contributed by atoms with E-state index in [-0.39, 0.29) is 23.7 Å². The molecule has 1 N–H and O–H groups in total. The second-order valence-electron chi connectivity index (χ2n) is 5.40. The molecule has 0 saturated heterocycles. The third kappa shape index (κ3) is 4.73. The fourth-order valence-corrected chi connectivity index (χ4v) is 3.33. The van der Waals surface area contributed by atoms with Crippen molar-refractivity contribution in [2.75, 3.05) is 0 Å². The van der Waals surface area contributed by atoms with E-state index in [9.17, 15) is 21.6 Å². The SMILES string of the molecule is O=S(=O)(Cc1noc2ccccc12)NCc1ccc(OC(F)(F)F)cc1. The number of rotatable bonds is 6. The van der Waals surface area contributed by atoms with Crippen molar-refractivity contribution in [1.82, 2.24) is 9.88 Å². The predicted molar refractivity (Wildman–Crippen MR) is 86.6 cm³/mol. The minimum atomic E-state index is -4.77. The van der Waals surface area contributed by atoms with Gasteiger partial charge in [0.1, 0.15) is 17.2 Å². The molecule has 0 unspecified atom stereocenters. The Kier molecular flexibility index (Phi) is 4.88. The van der Waals surface area contributed by atoms with E-state index in [4.69, 9.17) is 4.52 Å². The molecule has 0 fully saturated rings. The van der Waals surface area contributed by atoms with Crippen LogP contribution in [0.15, 0.2) is 53.1 Å². The number of fused-ring (bicyclic) bond motifs is 1. The fraction of sp³-hybridized carbons (Fsp3) is 0.188. The maximum Gasteiger partial charge on any atom is 0.573 e. The highest BCUT2D eigenvalue weighted by Gasteiger charge is 2.30. The molecule has 3 aromatic rings. The van der Waals surface area contributed by atoms with Gasteiger partial charge in [-0.05, 0) is 29.8 Å². The van der Waals surface area contributed by atoms with Gasteiger partial charge in [0.05, 0.1) is 0 Å². The summed E-state index contributed by atoms with van der Waals surface area (Å²) in [6.07, 6.45) is -4.77. The third-order valence-corrected chi connectivity index (χ3v) is 4.67. The molecule has 6 nitrogen and oxygen atoms in total. The average molecular weight is 386 g/mol. The van der Waals surface area contributed by atoms with Crippen molar-refractivity contribution in [2.45, 2.75) is 18.7 Å². The van der Waals surface area contributed by atoms with Gasteiger partial charge in [0.2, 0.25) is 10.0 Å². The Morgan fingerprint density at radius 2 is 1.77 bits per heavy atom. The Morgan fingerprint density at radius 1 is 1.08 bits per heavy atom. The Labute approximate surface area is 146 Å². The third-order valence-electron chi connectivity index (χ3n) is 3.43.